The molecule has 0 radical (unpaired) electrons. The minimum absolute atomic E-state index is 0.372. The second-order valence-electron chi connectivity index (χ2n) is 4.20. The number of hydrogen-bond acceptors (Lipinski definition) is 3. The predicted octanol–water partition coefficient (Wildman–Crippen LogP) is 2.89. The molecular weight excluding hydrogens is 292 g/mol. The zero-order valence-electron chi connectivity index (χ0n) is 10.7. The van der Waals surface area contributed by atoms with Crippen molar-refractivity contribution in [3.8, 4) is 5.69 Å². The number of aromatic nitrogens is 4. The molecule has 2 aromatic heterocycles. The maximum Gasteiger partial charge on any atom is 0.323 e. The lowest BCUT2D eigenvalue weighted by Gasteiger charge is -2.09. The van der Waals surface area contributed by atoms with E-state index in [9.17, 15) is 4.79 Å². The molecule has 0 bridgehead atoms. The minimum atomic E-state index is -0.372. The van der Waals surface area contributed by atoms with E-state index in [1.165, 1.54) is 6.20 Å². The third-order valence-electron chi connectivity index (χ3n) is 2.74. The SMILES string of the molecule is O=C(Nc1cn[nH]c1)Nc1ccc(-n2ccnc2)c(Cl)c1. The number of carbonyl (C=O) groups is 1. The summed E-state index contributed by atoms with van der Waals surface area (Å²) in [4.78, 5) is 15.8. The van der Waals surface area contributed by atoms with Crippen LogP contribution >= 0.6 is 11.6 Å². The largest absolute Gasteiger partial charge is 0.323 e. The molecule has 0 aliphatic carbocycles. The number of benzene rings is 1. The first-order valence-corrected chi connectivity index (χ1v) is 6.45. The second-order valence-corrected chi connectivity index (χ2v) is 4.61. The fourth-order valence-corrected chi connectivity index (χ4v) is 2.09. The van der Waals surface area contributed by atoms with Crippen LogP contribution in [0.15, 0.2) is 49.3 Å². The average molecular weight is 303 g/mol. The molecule has 2 amide bonds. The Morgan fingerprint density at radius 3 is 2.81 bits per heavy atom. The fraction of sp³-hybridized carbons (Fsp3) is 0. The van der Waals surface area contributed by atoms with Gasteiger partial charge in [0.05, 0.1) is 28.9 Å². The molecule has 3 aromatic rings. The molecule has 2 heterocycles. The first kappa shape index (κ1) is 13.2. The van der Waals surface area contributed by atoms with E-state index >= 15 is 0 Å². The molecule has 0 aliphatic rings. The van der Waals surface area contributed by atoms with Crippen LogP contribution in [-0.4, -0.2) is 25.8 Å². The topological polar surface area (TPSA) is 87.6 Å². The molecule has 3 N–H and O–H groups in total. The molecule has 7 nitrogen and oxygen atoms in total. The number of hydrogen-bond donors (Lipinski definition) is 3. The van der Waals surface area contributed by atoms with Gasteiger partial charge in [0.1, 0.15) is 0 Å². The summed E-state index contributed by atoms with van der Waals surface area (Å²) in [7, 11) is 0. The number of amides is 2. The van der Waals surface area contributed by atoms with Crippen LogP contribution in [0.4, 0.5) is 16.2 Å². The summed E-state index contributed by atoms with van der Waals surface area (Å²) in [6.07, 6.45) is 8.20. The average Bonchev–Trinajstić information content (AvgIpc) is 3.11. The highest BCUT2D eigenvalue weighted by Gasteiger charge is 2.07. The Balaban J connectivity index is 1.72. The van der Waals surface area contributed by atoms with E-state index in [2.05, 4.69) is 25.8 Å². The number of rotatable bonds is 3. The van der Waals surface area contributed by atoms with Gasteiger partial charge in [0.15, 0.2) is 0 Å². The lowest BCUT2D eigenvalue weighted by Crippen LogP contribution is -2.19. The highest BCUT2D eigenvalue weighted by molar-refractivity contribution is 6.32. The number of aromatic amines is 1. The van der Waals surface area contributed by atoms with Gasteiger partial charge in [-0.3, -0.25) is 5.10 Å². The summed E-state index contributed by atoms with van der Waals surface area (Å²) in [6, 6.07) is 4.86. The number of carbonyl (C=O) groups excluding carboxylic acids is 1. The maximum atomic E-state index is 11.8. The third kappa shape index (κ3) is 3.03. The van der Waals surface area contributed by atoms with E-state index in [0.717, 1.165) is 5.69 Å². The molecule has 1 aromatic carbocycles. The number of urea groups is 1. The van der Waals surface area contributed by atoms with E-state index in [0.29, 0.717) is 16.4 Å². The second kappa shape index (κ2) is 5.68. The minimum Gasteiger partial charge on any atom is -0.308 e. The van der Waals surface area contributed by atoms with Gasteiger partial charge in [-0.2, -0.15) is 5.10 Å². The van der Waals surface area contributed by atoms with Crippen LogP contribution in [0.2, 0.25) is 5.02 Å². The number of nitrogens with zero attached hydrogens (tertiary/aromatic N) is 3. The molecule has 0 aliphatic heterocycles. The van der Waals surface area contributed by atoms with Gasteiger partial charge < -0.3 is 15.2 Å². The van der Waals surface area contributed by atoms with Crippen LogP contribution in [-0.2, 0) is 0 Å². The zero-order chi connectivity index (χ0) is 14.7. The van der Waals surface area contributed by atoms with Crippen LogP contribution in [0, 0.1) is 0 Å². The molecular formula is C13H11ClN6O. The first-order valence-electron chi connectivity index (χ1n) is 6.07. The Kier molecular flexibility index (Phi) is 3.57. The summed E-state index contributed by atoms with van der Waals surface area (Å²) in [5, 5.41) is 12.2. The lowest BCUT2D eigenvalue weighted by molar-refractivity contribution is 0.262. The van der Waals surface area contributed by atoms with Crippen molar-refractivity contribution in [2.24, 2.45) is 0 Å². The summed E-state index contributed by atoms with van der Waals surface area (Å²) in [5.74, 6) is 0. The van der Waals surface area contributed by atoms with Crippen molar-refractivity contribution in [1.29, 1.82) is 0 Å². The van der Waals surface area contributed by atoms with E-state index in [-0.39, 0.29) is 6.03 Å². The normalized spacial score (nSPS) is 10.3. The van der Waals surface area contributed by atoms with Gasteiger partial charge in [-0.15, -0.1) is 0 Å². The van der Waals surface area contributed by atoms with E-state index < -0.39 is 0 Å². The van der Waals surface area contributed by atoms with Gasteiger partial charge >= 0.3 is 6.03 Å². The number of halogens is 1. The number of H-pyrrole nitrogens is 1. The van der Waals surface area contributed by atoms with Crippen molar-refractivity contribution in [3.05, 3.63) is 54.3 Å². The Bertz CT molecular complexity index is 738. The van der Waals surface area contributed by atoms with Crippen molar-refractivity contribution in [1.82, 2.24) is 19.7 Å². The van der Waals surface area contributed by atoms with Gasteiger partial charge in [-0.05, 0) is 18.2 Å². The number of nitrogens with one attached hydrogen (secondary N) is 3. The third-order valence-corrected chi connectivity index (χ3v) is 3.05. The predicted molar refractivity (Wildman–Crippen MR) is 79.8 cm³/mol. The molecule has 0 spiro atoms. The Morgan fingerprint density at radius 1 is 1.29 bits per heavy atom. The summed E-state index contributed by atoms with van der Waals surface area (Å²) in [6.45, 7) is 0. The standard InChI is InChI=1S/C13H11ClN6O/c14-11-5-9(1-2-12(11)20-4-3-15-8-20)18-13(21)19-10-6-16-17-7-10/h1-8H,(H,16,17)(H2,18,19,21). The van der Waals surface area contributed by atoms with Crippen molar-refractivity contribution < 1.29 is 4.79 Å². The molecule has 0 unspecified atom stereocenters. The smallest absolute Gasteiger partial charge is 0.308 e. The molecule has 21 heavy (non-hydrogen) atoms. The summed E-state index contributed by atoms with van der Waals surface area (Å²) >= 11 is 6.21. The van der Waals surface area contributed by atoms with Crippen LogP contribution in [0.5, 0.6) is 0 Å². The molecule has 0 fully saturated rings. The van der Waals surface area contributed by atoms with Gasteiger partial charge in [0, 0.05) is 24.3 Å². The lowest BCUT2D eigenvalue weighted by atomic mass is 10.2. The van der Waals surface area contributed by atoms with Crippen molar-refractivity contribution in [3.63, 3.8) is 0 Å². The van der Waals surface area contributed by atoms with Gasteiger partial charge in [0.25, 0.3) is 0 Å². The van der Waals surface area contributed by atoms with Crippen LogP contribution in [0.25, 0.3) is 5.69 Å². The Hall–Kier alpha value is -2.80. The molecule has 0 saturated heterocycles. The quantitative estimate of drug-likeness (QED) is 0.695. The fourth-order valence-electron chi connectivity index (χ4n) is 1.81. The number of imidazole rings is 1. The molecule has 0 saturated carbocycles. The van der Waals surface area contributed by atoms with Crippen molar-refractivity contribution in [2.45, 2.75) is 0 Å². The highest BCUT2D eigenvalue weighted by Crippen LogP contribution is 2.24. The van der Waals surface area contributed by atoms with Gasteiger partial charge in [0.2, 0.25) is 0 Å². The number of anilines is 2. The van der Waals surface area contributed by atoms with Crippen molar-refractivity contribution in [2.75, 3.05) is 10.6 Å². The molecule has 3 rings (SSSR count). The van der Waals surface area contributed by atoms with E-state index in [1.807, 2.05) is 0 Å². The Labute approximate surface area is 125 Å². The first-order chi connectivity index (χ1) is 10.2. The Morgan fingerprint density at radius 2 is 2.14 bits per heavy atom. The van der Waals surface area contributed by atoms with Gasteiger partial charge in [-0.1, -0.05) is 11.6 Å². The van der Waals surface area contributed by atoms with Crippen molar-refractivity contribution >= 4 is 29.0 Å². The van der Waals surface area contributed by atoms with E-state index in [1.54, 1.807) is 47.7 Å². The molecule has 8 heteroatoms. The van der Waals surface area contributed by atoms with Gasteiger partial charge in [-0.25, -0.2) is 9.78 Å². The summed E-state index contributed by atoms with van der Waals surface area (Å²) in [5.41, 5.74) is 1.95. The summed E-state index contributed by atoms with van der Waals surface area (Å²) < 4.78 is 1.79. The molecule has 0 atom stereocenters. The zero-order valence-corrected chi connectivity index (χ0v) is 11.5. The molecule has 106 valence electrons. The highest BCUT2D eigenvalue weighted by atomic mass is 35.5. The maximum absolute atomic E-state index is 11.8. The monoisotopic (exact) mass is 302 g/mol. The van der Waals surface area contributed by atoms with Crippen LogP contribution in [0.1, 0.15) is 0 Å². The van der Waals surface area contributed by atoms with E-state index in [4.69, 9.17) is 11.6 Å². The van der Waals surface area contributed by atoms with Crippen LogP contribution in [0.3, 0.4) is 0 Å². The van der Waals surface area contributed by atoms with Crippen LogP contribution < -0.4 is 10.6 Å².